The summed E-state index contributed by atoms with van der Waals surface area (Å²) >= 11 is 1.42. The highest BCUT2D eigenvalue weighted by Gasteiger charge is 2.16. The van der Waals surface area contributed by atoms with Crippen molar-refractivity contribution < 1.29 is 13.6 Å². The maximum absolute atomic E-state index is 13.2. The number of halogens is 2. The number of thiazole rings is 1. The third-order valence-corrected chi connectivity index (χ3v) is 4.63. The molecule has 138 valence electrons. The molecule has 2 aromatic heterocycles. The first-order valence-corrected chi connectivity index (χ1v) is 9.00. The molecule has 2 heterocycles. The quantitative estimate of drug-likeness (QED) is 0.329. The Morgan fingerprint density at radius 2 is 2.08 bits per heavy atom. The molecule has 0 aliphatic carbocycles. The number of aryl methyl sites for hydroxylation is 1. The van der Waals surface area contributed by atoms with Crippen LogP contribution in [0.3, 0.4) is 0 Å². The Morgan fingerprint density at radius 3 is 2.65 bits per heavy atom. The average Bonchev–Trinajstić information content (AvgIpc) is 3.00. The van der Waals surface area contributed by atoms with Crippen molar-refractivity contribution in [2.24, 2.45) is 0 Å². The molecular weight excluding hydrogens is 360 g/mol. The van der Waals surface area contributed by atoms with Crippen molar-refractivity contribution in [2.75, 3.05) is 11.4 Å². The number of nitriles is 1. The number of hydrogen-bond acceptors (Lipinski definition) is 6. The highest BCUT2D eigenvalue weighted by molar-refractivity contribution is 7.09. The second-order valence-electron chi connectivity index (χ2n) is 5.80. The molecule has 0 saturated heterocycles. The zero-order valence-corrected chi connectivity index (χ0v) is 15.3. The maximum Gasteiger partial charge on any atom is 0.271 e. The van der Waals surface area contributed by atoms with E-state index in [-0.39, 0.29) is 17.6 Å². The van der Waals surface area contributed by atoms with Crippen LogP contribution in [-0.4, -0.2) is 28.5 Å². The van der Waals surface area contributed by atoms with Crippen molar-refractivity contribution in [3.05, 3.63) is 40.1 Å². The van der Waals surface area contributed by atoms with Gasteiger partial charge in [-0.25, -0.2) is 4.98 Å². The molecule has 0 saturated carbocycles. The highest BCUT2D eigenvalue weighted by atomic mass is 32.1. The third-order valence-electron chi connectivity index (χ3n) is 3.87. The van der Waals surface area contributed by atoms with Crippen LogP contribution in [0.1, 0.15) is 41.6 Å². The second-order valence-corrected chi connectivity index (χ2v) is 6.86. The molecule has 2 rings (SSSR count). The fraction of sp³-hybridized carbons (Fsp3) is 0.412. The molecule has 0 radical (unpaired) electrons. The van der Waals surface area contributed by atoms with E-state index in [9.17, 15) is 18.8 Å². The van der Waals surface area contributed by atoms with Gasteiger partial charge in [-0.15, -0.1) is 11.3 Å². The number of carbonyl (C=O) groups is 1. The molecule has 0 bridgehead atoms. The number of rotatable bonds is 8. The topological polar surface area (TPSA) is 81.9 Å². The van der Waals surface area contributed by atoms with Gasteiger partial charge in [0.25, 0.3) is 5.91 Å². The van der Waals surface area contributed by atoms with Crippen molar-refractivity contribution in [1.82, 2.24) is 15.3 Å². The van der Waals surface area contributed by atoms with Crippen LogP contribution in [0.5, 0.6) is 0 Å². The van der Waals surface area contributed by atoms with Gasteiger partial charge < -0.3 is 5.32 Å². The summed E-state index contributed by atoms with van der Waals surface area (Å²) in [5, 5.41) is 12.1. The lowest BCUT2D eigenvalue weighted by Crippen LogP contribution is -2.29. The SMILES string of the molecule is Cc1scnc1C(=O)NCCCCC(C)N(C#N)c1cc(F)nc(F)c1. The number of carbonyl (C=O) groups excluding carboxylic acids is 1. The third kappa shape index (κ3) is 5.20. The van der Waals surface area contributed by atoms with Crippen molar-refractivity contribution in [3.63, 3.8) is 0 Å². The lowest BCUT2D eigenvalue weighted by atomic mass is 10.1. The summed E-state index contributed by atoms with van der Waals surface area (Å²) in [6.45, 7) is 4.14. The zero-order valence-electron chi connectivity index (χ0n) is 14.5. The van der Waals surface area contributed by atoms with Crippen LogP contribution in [0.15, 0.2) is 17.6 Å². The number of anilines is 1. The van der Waals surface area contributed by atoms with Crippen LogP contribution in [0.25, 0.3) is 0 Å². The minimum absolute atomic E-state index is 0.136. The van der Waals surface area contributed by atoms with Crippen molar-refractivity contribution in [3.8, 4) is 6.19 Å². The number of unbranched alkanes of at least 4 members (excludes halogenated alkanes) is 1. The van der Waals surface area contributed by atoms with Crippen LogP contribution >= 0.6 is 11.3 Å². The molecule has 1 amide bonds. The summed E-state index contributed by atoms with van der Waals surface area (Å²) in [7, 11) is 0. The maximum atomic E-state index is 13.2. The van der Waals surface area contributed by atoms with Crippen molar-refractivity contribution in [2.45, 2.75) is 39.2 Å². The van der Waals surface area contributed by atoms with Crippen molar-refractivity contribution in [1.29, 1.82) is 5.26 Å². The predicted octanol–water partition coefficient (Wildman–Crippen LogP) is 3.40. The van der Waals surface area contributed by atoms with E-state index in [1.54, 1.807) is 12.4 Å². The van der Waals surface area contributed by atoms with Gasteiger partial charge in [0, 0.05) is 29.6 Å². The summed E-state index contributed by atoms with van der Waals surface area (Å²) in [6.07, 6.45) is 4.04. The van der Waals surface area contributed by atoms with Gasteiger partial charge in [-0.05, 0) is 33.1 Å². The molecule has 2 aromatic rings. The van der Waals surface area contributed by atoms with Gasteiger partial charge >= 0.3 is 0 Å². The zero-order chi connectivity index (χ0) is 19.1. The lowest BCUT2D eigenvalue weighted by molar-refractivity contribution is 0.0948. The smallest absolute Gasteiger partial charge is 0.271 e. The van der Waals surface area contributed by atoms with Gasteiger partial charge in [-0.2, -0.15) is 19.0 Å². The molecule has 9 heteroatoms. The first kappa shape index (κ1) is 19.7. The molecule has 6 nitrogen and oxygen atoms in total. The van der Waals surface area contributed by atoms with E-state index in [1.165, 1.54) is 16.2 Å². The van der Waals surface area contributed by atoms with Crippen LogP contribution in [-0.2, 0) is 0 Å². The Morgan fingerprint density at radius 1 is 1.38 bits per heavy atom. The number of nitrogens with one attached hydrogen (secondary N) is 1. The molecule has 0 spiro atoms. The Kier molecular flexibility index (Phi) is 6.97. The summed E-state index contributed by atoms with van der Waals surface area (Å²) in [4.78, 5) is 21.1. The summed E-state index contributed by atoms with van der Waals surface area (Å²) < 4.78 is 26.5. The minimum Gasteiger partial charge on any atom is -0.351 e. The Hall–Kier alpha value is -2.60. The predicted molar refractivity (Wildman–Crippen MR) is 94.7 cm³/mol. The van der Waals surface area contributed by atoms with Gasteiger partial charge in [0.1, 0.15) is 5.69 Å². The van der Waals surface area contributed by atoms with E-state index in [1.807, 2.05) is 13.1 Å². The van der Waals surface area contributed by atoms with Crippen LogP contribution in [0.2, 0.25) is 0 Å². The fourth-order valence-corrected chi connectivity index (χ4v) is 3.08. The van der Waals surface area contributed by atoms with E-state index in [2.05, 4.69) is 15.3 Å². The van der Waals surface area contributed by atoms with Gasteiger partial charge in [-0.3, -0.25) is 9.69 Å². The van der Waals surface area contributed by atoms with E-state index in [0.29, 0.717) is 18.7 Å². The van der Waals surface area contributed by atoms with E-state index < -0.39 is 11.9 Å². The molecule has 26 heavy (non-hydrogen) atoms. The summed E-state index contributed by atoms with van der Waals surface area (Å²) in [6, 6.07) is 1.82. The Balaban J connectivity index is 1.78. The Bertz CT molecular complexity index is 784. The van der Waals surface area contributed by atoms with Crippen LogP contribution in [0.4, 0.5) is 14.5 Å². The van der Waals surface area contributed by atoms with E-state index >= 15 is 0 Å². The highest BCUT2D eigenvalue weighted by Crippen LogP contribution is 2.20. The number of aromatic nitrogens is 2. The van der Waals surface area contributed by atoms with Crippen molar-refractivity contribution >= 4 is 22.9 Å². The fourth-order valence-electron chi connectivity index (χ4n) is 2.50. The molecule has 1 unspecified atom stereocenters. The molecule has 1 atom stereocenters. The van der Waals surface area contributed by atoms with Gasteiger partial charge in [0.2, 0.25) is 11.9 Å². The standard InChI is InChI=1S/C17H19F2N5OS/c1-11(24(9-20)13-7-14(18)23-15(19)8-13)5-3-4-6-21-17(25)16-12(2)26-10-22-16/h7-8,10-11H,3-6H2,1-2H3,(H,21,25). The summed E-state index contributed by atoms with van der Waals surface area (Å²) in [5.74, 6) is -2.13. The molecule has 0 fully saturated rings. The van der Waals surface area contributed by atoms with E-state index in [0.717, 1.165) is 29.9 Å². The molecule has 0 aliphatic heterocycles. The number of pyridine rings is 1. The van der Waals surface area contributed by atoms with E-state index in [4.69, 9.17) is 0 Å². The van der Waals surface area contributed by atoms with Crippen LogP contribution in [0, 0.1) is 30.3 Å². The van der Waals surface area contributed by atoms with Gasteiger partial charge in [0.15, 0.2) is 6.19 Å². The van der Waals surface area contributed by atoms with Gasteiger partial charge in [0.05, 0.1) is 11.2 Å². The summed E-state index contributed by atoms with van der Waals surface area (Å²) in [5.41, 5.74) is 2.21. The average molecular weight is 379 g/mol. The second kappa shape index (κ2) is 9.20. The Labute approximate surface area is 154 Å². The molecular formula is C17H19F2N5OS. The minimum atomic E-state index is -0.965. The number of nitrogens with zero attached hydrogens (tertiary/aromatic N) is 4. The molecule has 0 aliphatic rings. The molecule has 0 aromatic carbocycles. The van der Waals surface area contributed by atoms with Gasteiger partial charge in [-0.1, -0.05) is 0 Å². The lowest BCUT2D eigenvalue weighted by Gasteiger charge is -2.23. The normalized spacial score (nSPS) is 11.7. The number of hydrogen-bond donors (Lipinski definition) is 1. The molecule has 1 N–H and O–H groups in total. The first-order chi connectivity index (χ1) is 12.4. The first-order valence-electron chi connectivity index (χ1n) is 8.12. The monoisotopic (exact) mass is 379 g/mol. The van der Waals surface area contributed by atoms with Crippen LogP contribution < -0.4 is 10.2 Å². The largest absolute Gasteiger partial charge is 0.351 e. The number of amides is 1.